The van der Waals surface area contributed by atoms with Crippen molar-refractivity contribution in [2.75, 3.05) is 43.4 Å². The van der Waals surface area contributed by atoms with Crippen molar-refractivity contribution in [1.29, 1.82) is 0 Å². The predicted octanol–water partition coefficient (Wildman–Crippen LogP) is 3.19. The fraction of sp³-hybridized carbons (Fsp3) is 0.250. The number of carbonyl (C=O) groups excluding carboxylic acids is 1. The number of hydrogen-bond donors (Lipinski definition) is 1. The molecule has 2 aliphatic rings. The van der Waals surface area contributed by atoms with Gasteiger partial charge in [0.2, 0.25) is 0 Å². The number of anilines is 2. The number of aromatic nitrogens is 3. The summed E-state index contributed by atoms with van der Waals surface area (Å²) in [6, 6.07) is 9.60. The molecule has 0 atom stereocenters. The lowest BCUT2D eigenvalue weighted by Gasteiger charge is -2.34. The van der Waals surface area contributed by atoms with E-state index in [1.165, 1.54) is 0 Å². The monoisotopic (exact) mass is 426 g/mol. The quantitative estimate of drug-likeness (QED) is 0.469. The predicted molar refractivity (Wildman–Crippen MR) is 122 cm³/mol. The molecular formula is C24H22N6O2. The Morgan fingerprint density at radius 1 is 1.09 bits per heavy atom. The molecule has 1 fully saturated rings. The summed E-state index contributed by atoms with van der Waals surface area (Å²) in [5, 5.41) is 8.67. The molecule has 2 aromatic carbocycles. The van der Waals surface area contributed by atoms with Crippen molar-refractivity contribution >= 4 is 28.1 Å². The van der Waals surface area contributed by atoms with E-state index in [9.17, 15) is 4.79 Å². The minimum atomic E-state index is -0.0205. The standard InChI is InChI=1S/C24H22N6O2/c1-29-8-10-30(11-9-29)19-12-18(27-14-15-13-25-6-7-26-15)20-21-22(19)28-32-24(21)17-5-3-2-4-16(17)23(20)31/h2-7,12-13,27H,8-11,14H2,1H3. The van der Waals surface area contributed by atoms with Gasteiger partial charge in [0.15, 0.2) is 11.5 Å². The summed E-state index contributed by atoms with van der Waals surface area (Å²) in [5.41, 5.74) is 5.33. The number of hydrogen-bond acceptors (Lipinski definition) is 8. The van der Waals surface area contributed by atoms with Crippen molar-refractivity contribution in [1.82, 2.24) is 20.0 Å². The second kappa shape index (κ2) is 7.42. The molecule has 6 rings (SSSR count). The van der Waals surface area contributed by atoms with Gasteiger partial charge in [-0.05, 0) is 13.1 Å². The molecule has 1 saturated heterocycles. The number of nitrogens with one attached hydrogen (secondary N) is 1. The van der Waals surface area contributed by atoms with Crippen LogP contribution in [0, 0.1) is 0 Å². The Morgan fingerprint density at radius 3 is 2.69 bits per heavy atom. The molecule has 0 spiro atoms. The minimum Gasteiger partial charge on any atom is -0.379 e. The molecule has 160 valence electrons. The van der Waals surface area contributed by atoms with Crippen LogP contribution in [0.15, 0.2) is 53.4 Å². The summed E-state index contributed by atoms with van der Waals surface area (Å²) in [5.74, 6) is 0.636. The van der Waals surface area contributed by atoms with Crippen LogP contribution in [-0.2, 0) is 6.54 Å². The van der Waals surface area contributed by atoms with Gasteiger partial charge in [-0.15, -0.1) is 0 Å². The number of benzene rings is 2. The molecule has 1 aliphatic heterocycles. The Kier molecular flexibility index (Phi) is 4.39. The molecule has 2 aromatic heterocycles. The zero-order chi connectivity index (χ0) is 21.7. The zero-order valence-corrected chi connectivity index (χ0v) is 17.7. The number of likely N-dealkylation sites (N-methyl/N-ethyl adjacent to an activating group) is 1. The van der Waals surface area contributed by atoms with Crippen LogP contribution in [-0.4, -0.2) is 59.0 Å². The lowest BCUT2D eigenvalue weighted by molar-refractivity contribution is 0.104. The molecule has 0 saturated carbocycles. The summed E-state index contributed by atoms with van der Waals surface area (Å²) in [4.78, 5) is 26.7. The van der Waals surface area contributed by atoms with E-state index in [1.54, 1.807) is 18.6 Å². The molecule has 1 aliphatic carbocycles. The van der Waals surface area contributed by atoms with Gasteiger partial charge in [0.05, 0.1) is 35.1 Å². The Bertz CT molecular complexity index is 1330. The highest BCUT2D eigenvalue weighted by Crippen LogP contribution is 2.45. The van der Waals surface area contributed by atoms with Crippen molar-refractivity contribution in [2.45, 2.75) is 6.54 Å². The van der Waals surface area contributed by atoms with E-state index in [-0.39, 0.29) is 5.78 Å². The van der Waals surface area contributed by atoms with Crippen molar-refractivity contribution < 1.29 is 9.32 Å². The Morgan fingerprint density at radius 2 is 1.91 bits per heavy atom. The maximum absolute atomic E-state index is 13.6. The van der Waals surface area contributed by atoms with Crippen LogP contribution in [0.25, 0.3) is 22.2 Å². The van der Waals surface area contributed by atoms with Crippen molar-refractivity contribution in [3.8, 4) is 11.3 Å². The molecule has 4 aromatic rings. The number of piperazine rings is 1. The van der Waals surface area contributed by atoms with Gasteiger partial charge >= 0.3 is 0 Å². The van der Waals surface area contributed by atoms with Gasteiger partial charge < -0.3 is 19.6 Å². The molecule has 32 heavy (non-hydrogen) atoms. The SMILES string of the molecule is CN1CCN(c2cc(NCc3cnccn3)c3c4c(onc24)-c2ccccc2C3=O)CC1. The van der Waals surface area contributed by atoms with Gasteiger partial charge in [0.25, 0.3) is 0 Å². The first-order valence-corrected chi connectivity index (χ1v) is 10.7. The van der Waals surface area contributed by atoms with Gasteiger partial charge in [-0.25, -0.2) is 0 Å². The molecule has 3 heterocycles. The van der Waals surface area contributed by atoms with Crippen molar-refractivity contribution in [2.24, 2.45) is 0 Å². The van der Waals surface area contributed by atoms with E-state index in [0.29, 0.717) is 23.4 Å². The normalized spacial score (nSPS) is 15.8. The van der Waals surface area contributed by atoms with Crippen LogP contribution in [0.3, 0.4) is 0 Å². The van der Waals surface area contributed by atoms with E-state index >= 15 is 0 Å². The molecule has 0 unspecified atom stereocenters. The largest absolute Gasteiger partial charge is 0.379 e. The first kappa shape index (κ1) is 18.9. The second-order valence-electron chi connectivity index (χ2n) is 8.27. The van der Waals surface area contributed by atoms with E-state index in [4.69, 9.17) is 4.52 Å². The fourth-order valence-corrected chi connectivity index (χ4v) is 4.58. The van der Waals surface area contributed by atoms with E-state index < -0.39 is 0 Å². The van der Waals surface area contributed by atoms with E-state index in [2.05, 4.69) is 37.3 Å². The molecular weight excluding hydrogens is 404 g/mol. The average molecular weight is 426 g/mol. The minimum absolute atomic E-state index is 0.0205. The summed E-state index contributed by atoms with van der Waals surface area (Å²) in [7, 11) is 2.13. The van der Waals surface area contributed by atoms with Crippen LogP contribution >= 0.6 is 0 Å². The first-order chi connectivity index (χ1) is 15.7. The van der Waals surface area contributed by atoms with Gasteiger partial charge in [-0.2, -0.15) is 0 Å². The van der Waals surface area contributed by atoms with Crippen LogP contribution in [0.5, 0.6) is 0 Å². The van der Waals surface area contributed by atoms with Gasteiger partial charge in [0.1, 0.15) is 5.52 Å². The summed E-state index contributed by atoms with van der Waals surface area (Å²) >= 11 is 0. The zero-order valence-electron chi connectivity index (χ0n) is 17.7. The van der Waals surface area contributed by atoms with Gasteiger partial charge in [0, 0.05) is 55.4 Å². The van der Waals surface area contributed by atoms with Crippen LogP contribution in [0.1, 0.15) is 21.6 Å². The van der Waals surface area contributed by atoms with E-state index in [0.717, 1.165) is 59.7 Å². The van der Waals surface area contributed by atoms with E-state index in [1.807, 2.05) is 30.3 Å². The number of carbonyl (C=O) groups is 1. The lowest BCUT2D eigenvalue weighted by Crippen LogP contribution is -2.44. The first-order valence-electron chi connectivity index (χ1n) is 10.7. The van der Waals surface area contributed by atoms with Crippen molar-refractivity contribution in [3.63, 3.8) is 0 Å². The van der Waals surface area contributed by atoms with Crippen molar-refractivity contribution in [3.05, 3.63) is 65.7 Å². The Balaban J connectivity index is 1.53. The average Bonchev–Trinajstić information content (AvgIpc) is 3.28. The topological polar surface area (TPSA) is 87.4 Å². The highest BCUT2D eigenvalue weighted by atomic mass is 16.5. The third kappa shape index (κ3) is 2.95. The second-order valence-corrected chi connectivity index (χ2v) is 8.27. The third-order valence-electron chi connectivity index (χ3n) is 6.30. The Hall–Kier alpha value is -3.78. The molecule has 0 radical (unpaired) electrons. The maximum atomic E-state index is 13.6. The molecule has 0 bridgehead atoms. The van der Waals surface area contributed by atoms with Gasteiger partial charge in [-0.1, -0.05) is 29.4 Å². The van der Waals surface area contributed by atoms with Crippen LogP contribution in [0.4, 0.5) is 11.4 Å². The van der Waals surface area contributed by atoms with Gasteiger partial charge in [-0.3, -0.25) is 14.8 Å². The lowest BCUT2D eigenvalue weighted by atomic mass is 9.86. The Labute approximate surface area is 184 Å². The summed E-state index contributed by atoms with van der Waals surface area (Å²) in [6.45, 7) is 4.18. The highest BCUT2D eigenvalue weighted by Gasteiger charge is 2.33. The highest BCUT2D eigenvalue weighted by molar-refractivity contribution is 6.28. The maximum Gasteiger partial charge on any atom is 0.196 e. The number of ketones is 1. The number of nitrogens with zero attached hydrogens (tertiary/aromatic N) is 5. The number of rotatable bonds is 4. The number of fused-ring (bicyclic) bond motifs is 2. The molecule has 8 nitrogen and oxygen atoms in total. The van der Waals surface area contributed by atoms with Crippen LogP contribution < -0.4 is 10.2 Å². The van der Waals surface area contributed by atoms with Crippen LogP contribution in [0.2, 0.25) is 0 Å². The molecule has 8 heteroatoms. The summed E-state index contributed by atoms with van der Waals surface area (Å²) in [6.07, 6.45) is 5.04. The third-order valence-corrected chi connectivity index (χ3v) is 6.30. The smallest absolute Gasteiger partial charge is 0.196 e. The molecule has 1 N–H and O–H groups in total. The summed E-state index contributed by atoms with van der Waals surface area (Å²) < 4.78 is 5.85. The molecule has 0 amide bonds. The fourth-order valence-electron chi connectivity index (χ4n) is 4.58.